The topological polar surface area (TPSA) is 61.8 Å². The molecule has 0 amide bonds. The molecule has 1 aromatic heterocycles. The average molecular weight is 330 g/mol. The summed E-state index contributed by atoms with van der Waals surface area (Å²) in [6.07, 6.45) is 4.21. The molecule has 1 aliphatic carbocycles. The summed E-state index contributed by atoms with van der Waals surface area (Å²) in [7, 11) is 0. The molecule has 0 radical (unpaired) electrons. The fraction of sp³-hybridized carbons (Fsp3) is 0.143. The van der Waals surface area contributed by atoms with E-state index in [2.05, 4.69) is 42.5 Å². The highest BCUT2D eigenvalue weighted by molar-refractivity contribution is 5.76. The van der Waals surface area contributed by atoms with Gasteiger partial charge >= 0.3 is 0 Å². The van der Waals surface area contributed by atoms with Crippen molar-refractivity contribution in [1.82, 2.24) is 0 Å². The fourth-order valence-corrected chi connectivity index (χ4v) is 3.40. The molecule has 4 rings (SSSR count). The number of benzene rings is 2. The van der Waals surface area contributed by atoms with Gasteiger partial charge in [-0.05, 0) is 12.5 Å². The fourth-order valence-electron chi connectivity index (χ4n) is 3.40. The summed E-state index contributed by atoms with van der Waals surface area (Å²) in [5.74, 6) is 0.178. The minimum Gasteiger partial charge on any atom is -0.401 e. The van der Waals surface area contributed by atoms with Crippen molar-refractivity contribution < 1.29 is 8.81 Å². The first-order valence-electron chi connectivity index (χ1n) is 8.39. The van der Waals surface area contributed by atoms with Crippen LogP contribution in [0.4, 0.5) is 5.69 Å². The van der Waals surface area contributed by atoms with Crippen LogP contribution in [0.1, 0.15) is 18.2 Å². The molecule has 1 atom stereocenters. The van der Waals surface area contributed by atoms with Crippen LogP contribution in [0.2, 0.25) is 0 Å². The maximum Gasteiger partial charge on any atom is 0.286 e. The molecule has 0 aliphatic heterocycles. The molecule has 4 nitrogen and oxygen atoms in total. The van der Waals surface area contributed by atoms with Crippen molar-refractivity contribution in [3.63, 3.8) is 0 Å². The summed E-state index contributed by atoms with van der Waals surface area (Å²) in [5, 5.41) is 1.06. The number of hydrogen-bond acceptors (Lipinski definition) is 2. The summed E-state index contributed by atoms with van der Waals surface area (Å²) >= 11 is 0. The lowest BCUT2D eigenvalue weighted by Gasteiger charge is -2.11. The Morgan fingerprint density at radius 1 is 1.04 bits per heavy atom. The van der Waals surface area contributed by atoms with E-state index in [1.54, 1.807) is 0 Å². The number of anilines is 1. The highest BCUT2D eigenvalue weighted by Crippen LogP contribution is 2.19. The lowest BCUT2D eigenvalue weighted by molar-refractivity contribution is -0.597. The van der Waals surface area contributed by atoms with Crippen molar-refractivity contribution in [2.75, 3.05) is 5.73 Å². The van der Waals surface area contributed by atoms with Crippen LogP contribution in [-0.2, 0) is 0 Å². The van der Waals surface area contributed by atoms with E-state index in [1.807, 2.05) is 41.5 Å². The van der Waals surface area contributed by atoms with Gasteiger partial charge < -0.3 is 11.5 Å². The molecule has 25 heavy (non-hydrogen) atoms. The number of hydrogen-bond donors (Lipinski definition) is 2. The molecule has 0 fully saturated rings. The van der Waals surface area contributed by atoms with Gasteiger partial charge in [0.1, 0.15) is 6.72 Å². The molecule has 0 saturated heterocycles. The standard InChI is InChI=1S/C21H21N4/c1-13-9-18-20(11-16(13)22)25(15-7-5-4-6-8-15)21-12-17(23)14(2)10-19(21)24(18)3/h4-13,22H,3,23H2,1-2H3/q+1/p+1. The second-order valence-corrected chi connectivity index (χ2v) is 6.67. The van der Waals surface area contributed by atoms with Crippen molar-refractivity contribution in [3.05, 3.63) is 71.5 Å². The van der Waals surface area contributed by atoms with E-state index in [0.29, 0.717) is 0 Å². The summed E-state index contributed by atoms with van der Waals surface area (Å²) in [6.45, 7) is 8.40. The Bertz CT molecular complexity index is 1140. The van der Waals surface area contributed by atoms with Crippen molar-refractivity contribution >= 4 is 28.9 Å². The smallest absolute Gasteiger partial charge is 0.286 e. The number of aryl methyl sites for hydroxylation is 1. The number of para-hydroxylation sites is 1. The Labute approximate surface area is 146 Å². The molecule has 124 valence electrons. The molecule has 0 saturated carbocycles. The van der Waals surface area contributed by atoms with Crippen LogP contribution in [0.15, 0.2) is 48.2 Å². The van der Waals surface area contributed by atoms with Gasteiger partial charge in [-0.15, -0.1) is 4.57 Å². The highest BCUT2D eigenvalue weighted by Gasteiger charge is 2.30. The lowest BCUT2D eigenvalue weighted by Crippen LogP contribution is -2.52. The van der Waals surface area contributed by atoms with Crippen LogP contribution in [0.5, 0.6) is 0 Å². The third kappa shape index (κ3) is 2.30. The average Bonchev–Trinajstić information content (AvgIpc) is 2.60. The highest BCUT2D eigenvalue weighted by atomic mass is 15.0. The summed E-state index contributed by atoms with van der Waals surface area (Å²) < 4.78 is 4.19. The molecule has 3 aromatic rings. The molecule has 1 heterocycles. The lowest BCUT2D eigenvalue weighted by atomic mass is 10.0. The maximum atomic E-state index is 6.25. The zero-order valence-corrected chi connectivity index (χ0v) is 14.5. The number of nitrogens with zero attached hydrogens (tertiary/aromatic N) is 2. The Kier molecular flexibility index (Phi) is 3.35. The van der Waals surface area contributed by atoms with Gasteiger partial charge in [-0.1, -0.05) is 25.1 Å². The first kappa shape index (κ1) is 15.4. The summed E-state index contributed by atoms with van der Waals surface area (Å²) in [6, 6.07) is 14.4. The van der Waals surface area contributed by atoms with Gasteiger partial charge in [-0.25, -0.2) is 0 Å². The molecule has 4 heteroatoms. The zero-order chi connectivity index (χ0) is 17.7. The monoisotopic (exact) mass is 330 g/mol. The minimum absolute atomic E-state index is 0.178. The number of nitrogens with two attached hydrogens (primary N) is 2. The van der Waals surface area contributed by atoms with Gasteiger partial charge in [0.25, 0.3) is 22.1 Å². The maximum absolute atomic E-state index is 6.25. The number of nitrogen functional groups attached to an aromatic ring is 1. The van der Waals surface area contributed by atoms with Crippen LogP contribution in [0, 0.1) is 19.6 Å². The number of fused-ring (bicyclic) bond motifs is 2. The number of allylic oxidation sites excluding steroid dienone is 1. The van der Waals surface area contributed by atoms with E-state index in [1.165, 1.54) is 0 Å². The van der Waals surface area contributed by atoms with Crippen molar-refractivity contribution in [2.45, 2.75) is 13.8 Å². The normalized spacial score (nSPS) is 16.2. The van der Waals surface area contributed by atoms with Crippen LogP contribution in [0.25, 0.3) is 28.9 Å². The van der Waals surface area contributed by atoms with Gasteiger partial charge in [0, 0.05) is 53.7 Å². The van der Waals surface area contributed by atoms with Crippen molar-refractivity contribution in [2.24, 2.45) is 11.7 Å². The predicted octanol–water partition coefficient (Wildman–Crippen LogP) is 1.66. The Morgan fingerprint density at radius 3 is 2.48 bits per heavy atom. The summed E-state index contributed by atoms with van der Waals surface area (Å²) in [4.78, 5) is 0. The molecule has 0 bridgehead atoms. The minimum atomic E-state index is 0.178. The van der Waals surface area contributed by atoms with Gasteiger partial charge in [-0.3, -0.25) is 0 Å². The van der Waals surface area contributed by atoms with E-state index in [9.17, 15) is 0 Å². The Balaban J connectivity index is 2.28. The Hall–Kier alpha value is -3.14. The van der Waals surface area contributed by atoms with E-state index in [0.717, 1.165) is 44.7 Å². The number of aromatic nitrogens is 2. The number of rotatable bonds is 1. The van der Waals surface area contributed by atoms with Gasteiger partial charge in [0.15, 0.2) is 0 Å². The molecular formula is C21H22N4+2. The third-order valence-electron chi connectivity index (χ3n) is 4.94. The van der Waals surface area contributed by atoms with Crippen molar-refractivity contribution in [3.8, 4) is 5.69 Å². The third-order valence-corrected chi connectivity index (χ3v) is 4.94. The second kappa shape index (κ2) is 5.45. The first-order valence-corrected chi connectivity index (χ1v) is 8.39. The van der Waals surface area contributed by atoms with Crippen LogP contribution in [0.3, 0.4) is 0 Å². The van der Waals surface area contributed by atoms with Crippen LogP contribution >= 0.6 is 0 Å². The van der Waals surface area contributed by atoms with E-state index in [4.69, 9.17) is 11.5 Å². The van der Waals surface area contributed by atoms with Crippen LogP contribution < -0.4 is 25.6 Å². The predicted molar refractivity (Wildman–Crippen MR) is 101 cm³/mol. The quantitative estimate of drug-likeness (QED) is 0.527. The van der Waals surface area contributed by atoms with E-state index >= 15 is 0 Å². The zero-order valence-electron chi connectivity index (χ0n) is 14.5. The van der Waals surface area contributed by atoms with E-state index < -0.39 is 0 Å². The molecule has 1 unspecified atom stereocenters. The SMILES string of the molecule is C=[n+]1c2c([n+](-c3ccccc3)c3cc(N)c(C)cc31)C=C(N)C(C)C=2. The van der Waals surface area contributed by atoms with Gasteiger partial charge in [-0.2, -0.15) is 4.24 Å². The summed E-state index contributed by atoms with van der Waals surface area (Å²) in [5.41, 5.74) is 19.3. The van der Waals surface area contributed by atoms with Crippen LogP contribution in [-0.4, -0.2) is 0 Å². The Morgan fingerprint density at radius 2 is 1.76 bits per heavy atom. The molecule has 0 spiro atoms. The molecule has 2 aromatic carbocycles. The first-order chi connectivity index (χ1) is 12.0. The van der Waals surface area contributed by atoms with E-state index in [-0.39, 0.29) is 5.92 Å². The van der Waals surface area contributed by atoms with Gasteiger partial charge in [0.2, 0.25) is 5.69 Å². The van der Waals surface area contributed by atoms with Crippen molar-refractivity contribution in [1.29, 1.82) is 0 Å². The van der Waals surface area contributed by atoms with Gasteiger partial charge in [0.05, 0.1) is 0 Å². The second-order valence-electron chi connectivity index (χ2n) is 6.67. The largest absolute Gasteiger partial charge is 0.401 e. The molecular weight excluding hydrogens is 308 g/mol. The molecule has 1 aliphatic rings. The molecule has 4 N–H and O–H groups in total.